The summed E-state index contributed by atoms with van der Waals surface area (Å²) in [5, 5.41) is 8.10. The second-order valence-corrected chi connectivity index (χ2v) is 5.81. The molecule has 2 aromatic rings. The Balaban J connectivity index is 1.70. The number of ether oxygens (including phenoxy) is 1. The average Bonchev–Trinajstić information content (AvgIpc) is 3.03. The van der Waals surface area contributed by atoms with Gasteiger partial charge in [0, 0.05) is 12.6 Å². The van der Waals surface area contributed by atoms with Crippen LogP contribution >= 0.6 is 15.9 Å². The molecule has 0 bridgehead atoms. The number of furan rings is 1. The van der Waals surface area contributed by atoms with E-state index in [1.165, 1.54) is 0 Å². The summed E-state index contributed by atoms with van der Waals surface area (Å²) in [5.41, 5.74) is 0. The minimum absolute atomic E-state index is 0.231. The molecule has 0 amide bonds. The van der Waals surface area contributed by atoms with Crippen LogP contribution in [0.1, 0.15) is 19.7 Å². The lowest BCUT2D eigenvalue weighted by atomic mass is 10.2. The van der Waals surface area contributed by atoms with Gasteiger partial charge in [-0.25, -0.2) is 0 Å². The van der Waals surface area contributed by atoms with Crippen molar-refractivity contribution in [2.75, 3.05) is 13.2 Å². The second-order valence-electron chi connectivity index (χ2n) is 5.03. The Morgan fingerprint density at radius 1 is 1.30 bits per heavy atom. The van der Waals surface area contributed by atoms with Crippen LogP contribution < -0.4 is 0 Å². The van der Waals surface area contributed by atoms with E-state index in [-0.39, 0.29) is 6.10 Å². The fourth-order valence-corrected chi connectivity index (χ4v) is 2.52. The van der Waals surface area contributed by atoms with Gasteiger partial charge >= 0.3 is 0 Å². The number of nitrogens with zero attached hydrogens (tertiary/aromatic N) is 3. The van der Waals surface area contributed by atoms with Gasteiger partial charge in [0.05, 0.1) is 19.3 Å². The molecule has 6 nitrogen and oxygen atoms in total. The Bertz CT molecular complexity index is 583. The van der Waals surface area contributed by atoms with E-state index in [9.17, 15) is 0 Å². The zero-order valence-electron chi connectivity index (χ0n) is 11.4. The van der Waals surface area contributed by atoms with Crippen LogP contribution in [0.4, 0.5) is 0 Å². The van der Waals surface area contributed by atoms with Gasteiger partial charge in [0.25, 0.3) is 5.89 Å². The molecule has 0 radical (unpaired) electrons. The second kappa shape index (κ2) is 5.67. The van der Waals surface area contributed by atoms with Crippen molar-refractivity contribution in [3.8, 4) is 11.7 Å². The minimum atomic E-state index is 0.231. The van der Waals surface area contributed by atoms with Crippen LogP contribution in [-0.2, 0) is 11.3 Å². The van der Waals surface area contributed by atoms with Gasteiger partial charge in [-0.3, -0.25) is 4.90 Å². The standard InChI is InChI=1S/C13H16BrN3O3/c1-8-7-18-9(2)5-17(8)6-12-15-16-13(20-12)10-3-4-11(14)19-10/h3-4,8-9H,5-7H2,1-2H3/t8-,9+/m0/s1. The number of halogens is 1. The van der Waals surface area contributed by atoms with Crippen LogP contribution in [0.2, 0.25) is 0 Å². The molecule has 0 N–H and O–H groups in total. The SMILES string of the molecule is C[C@@H]1CN(Cc2nnc(-c3ccc(Br)o3)o2)[C@@H](C)CO1. The van der Waals surface area contributed by atoms with Gasteiger partial charge in [0.15, 0.2) is 10.4 Å². The quantitative estimate of drug-likeness (QED) is 0.855. The maximum atomic E-state index is 5.65. The highest BCUT2D eigenvalue weighted by Crippen LogP contribution is 2.24. The van der Waals surface area contributed by atoms with Crippen LogP contribution in [0.5, 0.6) is 0 Å². The largest absolute Gasteiger partial charge is 0.444 e. The van der Waals surface area contributed by atoms with E-state index in [2.05, 4.69) is 44.9 Å². The lowest BCUT2D eigenvalue weighted by Crippen LogP contribution is -2.46. The van der Waals surface area contributed by atoms with Crippen LogP contribution in [0, 0.1) is 0 Å². The summed E-state index contributed by atoms with van der Waals surface area (Å²) >= 11 is 3.25. The number of aromatic nitrogens is 2. The molecule has 2 atom stereocenters. The normalized spacial score (nSPS) is 24.1. The summed E-state index contributed by atoms with van der Waals surface area (Å²) in [4.78, 5) is 2.28. The Morgan fingerprint density at radius 3 is 2.90 bits per heavy atom. The number of hydrogen-bond acceptors (Lipinski definition) is 6. The van der Waals surface area contributed by atoms with E-state index in [1.807, 2.05) is 0 Å². The summed E-state index contributed by atoms with van der Waals surface area (Å²) in [6.07, 6.45) is 0.231. The van der Waals surface area contributed by atoms with Crippen molar-refractivity contribution >= 4 is 15.9 Å². The molecule has 2 aromatic heterocycles. The zero-order chi connectivity index (χ0) is 14.1. The van der Waals surface area contributed by atoms with E-state index in [0.29, 0.717) is 34.8 Å². The van der Waals surface area contributed by atoms with Gasteiger partial charge in [-0.15, -0.1) is 10.2 Å². The van der Waals surface area contributed by atoms with Gasteiger partial charge in [-0.05, 0) is 41.9 Å². The van der Waals surface area contributed by atoms with Crippen molar-refractivity contribution in [2.45, 2.75) is 32.5 Å². The van der Waals surface area contributed by atoms with Crippen LogP contribution in [-0.4, -0.2) is 40.4 Å². The molecule has 7 heteroatoms. The number of rotatable bonds is 3. The molecule has 0 aliphatic carbocycles. The van der Waals surface area contributed by atoms with E-state index >= 15 is 0 Å². The Hall–Kier alpha value is -1.18. The topological polar surface area (TPSA) is 64.5 Å². The molecule has 108 valence electrons. The van der Waals surface area contributed by atoms with Gasteiger partial charge in [0.2, 0.25) is 5.89 Å². The Morgan fingerprint density at radius 2 is 2.15 bits per heavy atom. The third-order valence-corrected chi connectivity index (χ3v) is 3.75. The van der Waals surface area contributed by atoms with Gasteiger partial charge in [0.1, 0.15) is 0 Å². The van der Waals surface area contributed by atoms with Gasteiger partial charge in [-0.2, -0.15) is 0 Å². The maximum absolute atomic E-state index is 5.65. The van der Waals surface area contributed by atoms with E-state index in [0.717, 1.165) is 13.2 Å². The lowest BCUT2D eigenvalue weighted by Gasteiger charge is -2.35. The molecule has 0 unspecified atom stereocenters. The summed E-state index contributed by atoms with van der Waals surface area (Å²) in [7, 11) is 0. The molecular formula is C13H16BrN3O3. The molecule has 3 heterocycles. The minimum Gasteiger partial charge on any atom is -0.444 e. The Kier molecular flexibility index (Phi) is 3.91. The number of hydrogen-bond donors (Lipinski definition) is 0. The van der Waals surface area contributed by atoms with Crippen molar-refractivity contribution < 1.29 is 13.6 Å². The molecule has 1 aliphatic heterocycles. The summed E-state index contributed by atoms with van der Waals surface area (Å²) in [6, 6.07) is 3.94. The fourth-order valence-electron chi connectivity index (χ4n) is 2.21. The van der Waals surface area contributed by atoms with E-state index < -0.39 is 0 Å². The molecule has 20 heavy (non-hydrogen) atoms. The van der Waals surface area contributed by atoms with Crippen LogP contribution in [0.3, 0.4) is 0 Å². The molecule has 1 saturated heterocycles. The summed E-state index contributed by atoms with van der Waals surface area (Å²) < 4.78 is 17.3. The van der Waals surface area contributed by atoms with Gasteiger partial charge in [-0.1, -0.05) is 0 Å². The lowest BCUT2D eigenvalue weighted by molar-refractivity contribution is -0.0550. The van der Waals surface area contributed by atoms with E-state index in [1.54, 1.807) is 12.1 Å². The van der Waals surface area contributed by atoms with Crippen molar-refractivity contribution in [1.29, 1.82) is 0 Å². The van der Waals surface area contributed by atoms with Crippen molar-refractivity contribution in [1.82, 2.24) is 15.1 Å². The first-order valence-corrected chi connectivity index (χ1v) is 7.35. The maximum Gasteiger partial charge on any atom is 0.283 e. The first-order chi connectivity index (χ1) is 9.61. The molecule has 1 aliphatic rings. The molecular weight excluding hydrogens is 326 g/mol. The smallest absolute Gasteiger partial charge is 0.283 e. The van der Waals surface area contributed by atoms with Crippen LogP contribution in [0.15, 0.2) is 25.6 Å². The third-order valence-electron chi connectivity index (χ3n) is 3.33. The molecule has 1 fully saturated rings. The highest BCUT2D eigenvalue weighted by atomic mass is 79.9. The van der Waals surface area contributed by atoms with E-state index in [4.69, 9.17) is 13.6 Å². The molecule has 0 saturated carbocycles. The molecule has 0 spiro atoms. The fraction of sp³-hybridized carbons (Fsp3) is 0.538. The zero-order valence-corrected chi connectivity index (χ0v) is 13.0. The van der Waals surface area contributed by atoms with Crippen molar-refractivity contribution in [2.24, 2.45) is 0 Å². The van der Waals surface area contributed by atoms with Crippen molar-refractivity contribution in [3.63, 3.8) is 0 Å². The molecule has 3 rings (SSSR count). The number of morpholine rings is 1. The first-order valence-electron chi connectivity index (χ1n) is 6.55. The summed E-state index contributed by atoms with van der Waals surface area (Å²) in [6.45, 7) is 6.42. The van der Waals surface area contributed by atoms with Crippen LogP contribution in [0.25, 0.3) is 11.7 Å². The predicted molar refractivity (Wildman–Crippen MR) is 75.0 cm³/mol. The highest BCUT2D eigenvalue weighted by Gasteiger charge is 2.25. The first kappa shape index (κ1) is 13.8. The predicted octanol–water partition coefficient (Wildman–Crippen LogP) is 2.70. The summed E-state index contributed by atoms with van der Waals surface area (Å²) in [5.74, 6) is 1.56. The molecule has 0 aromatic carbocycles. The monoisotopic (exact) mass is 341 g/mol. The Labute approximate surface area is 125 Å². The van der Waals surface area contributed by atoms with Gasteiger partial charge < -0.3 is 13.6 Å². The van der Waals surface area contributed by atoms with Crippen molar-refractivity contribution in [3.05, 3.63) is 22.7 Å². The highest BCUT2D eigenvalue weighted by molar-refractivity contribution is 9.10. The average molecular weight is 342 g/mol. The third kappa shape index (κ3) is 2.94.